The highest BCUT2D eigenvalue weighted by Gasteiger charge is 2.25. The van der Waals surface area contributed by atoms with E-state index in [0.717, 1.165) is 11.5 Å². The van der Waals surface area contributed by atoms with Crippen LogP contribution in [0.1, 0.15) is 17.5 Å². The summed E-state index contributed by atoms with van der Waals surface area (Å²) in [4.78, 5) is 27.9. The number of piperazine rings is 1. The van der Waals surface area contributed by atoms with Crippen molar-refractivity contribution in [2.75, 3.05) is 45.9 Å². The Morgan fingerprint density at radius 2 is 1.64 bits per heavy atom. The molecule has 0 radical (unpaired) electrons. The zero-order chi connectivity index (χ0) is 19.8. The first kappa shape index (κ1) is 19.6. The second-order valence-corrected chi connectivity index (χ2v) is 6.24. The largest absolute Gasteiger partial charge is 0.494 e. The molecule has 3 amide bonds. The van der Waals surface area contributed by atoms with Crippen LogP contribution in [0.25, 0.3) is 0 Å². The highest BCUT2D eigenvalue weighted by atomic mass is 16.5. The smallest absolute Gasteiger partial charge is 0.317 e. The number of benzene rings is 1. The lowest BCUT2D eigenvalue weighted by Gasteiger charge is -2.34. The third-order valence-electron chi connectivity index (χ3n) is 4.37. The molecule has 0 aliphatic carbocycles. The minimum atomic E-state index is -0.152. The number of nitrogens with one attached hydrogen (secondary N) is 1. The van der Waals surface area contributed by atoms with Crippen molar-refractivity contribution in [2.24, 2.45) is 0 Å². The van der Waals surface area contributed by atoms with E-state index in [2.05, 4.69) is 5.32 Å². The molecule has 1 aliphatic rings. The Morgan fingerprint density at radius 3 is 2.25 bits per heavy atom. The van der Waals surface area contributed by atoms with Gasteiger partial charge in [0.1, 0.15) is 18.1 Å². The number of nitrogens with zero attached hydrogens (tertiary/aromatic N) is 2. The summed E-state index contributed by atoms with van der Waals surface area (Å²) in [5.41, 5.74) is 0. The van der Waals surface area contributed by atoms with Crippen molar-refractivity contribution in [3.8, 4) is 11.5 Å². The molecule has 2 aromatic rings. The molecule has 1 aromatic carbocycles. The highest BCUT2D eigenvalue weighted by Crippen LogP contribution is 2.17. The fourth-order valence-electron chi connectivity index (χ4n) is 2.91. The van der Waals surface area contributed by atoms with Crippen LogP contribution in [-0.2, 0) is 0 Å². The number of hydrogen-bond donors (Lipinski definition) is 1. The predicted octanol–water partition coefficient (Wildman–Crippen LogP) is 2.22. The summed E-state index contributed by atoms with van der Waals surface area (Å²) in [5, 5.41) is 2.84. The summed E-state index contributed by atoms with van der Waals surface area (Å²) in [6.07, 6.45) is 1.48. The Morgan fingerprint density at radius 1 is 1.00 bits per heavy atom. The van der Waals surface area contributed by atoms with Gasteiger partial charge in [-0.05, 0) is 43.3 Å². The summed E-state index contributed by atoms with van der Waals surface area (Å²) < 4.78 is 16.1. The first-order chi connectivity index (χ1) is 13.7. The Labute approximate surface area is 164 Å². The molecule has 0 spiro atoms. The van der Waals surface area contributed by atoms with Crippen molar-refractivity contribution in [3.63, 3.8) is 0 Å². The lowest BCUT2D eigenvalue weighted by Crippen LogP contribution is -2.53. The normalized spacial score (nSPS) is 13.9. The average Bonchev–Trinajstić information content (AvgIpc) is 3.27. The van der Waals surface area contributed by atoms with Crippen LogP contribution in [0.3, 0.4) is 0 Å². The van der Waals surface area contributed by atoms with Crippen LogP contribution >= 0.6 is 0 Å². The van der Waals surface area contributed by atoms with E-state index in [1.165, 1.54) is 6.26 Å². The third-order valence-corrected chi connectivity index (χ3v) is 4.37. The maximum atomic E-state index is 12.3. The molecule has 8 heteroatoms. The van der Waals surface area contributed by atoms with Gasteiger partial charge in [-0.1, -0.05) is 0 Å². The van der Waals surface area contributed by atoms with Crippen LogP contribution in [0.4, 0.5) is 4.79 Å². The Balaban J connectivity index is 1.34. The van der Waals surface area contributed by atoms with Crippen molar-refractivity contribution in [1.82, 2.24) is 15.1 Å². The second kappa shape index (κ2) is 9.68. The van der Waals surface area contributed by atoms with Gasteiger partial charge >= 0.3 is 6.03 Å². The van der Waals surface area contributed by atoms with Crippen LogP contribution in [-0.4, -0.2) is 67.7 Å². The quantitative estimate of drug-likeness (QED) is 0.737. The Kier molecular flexibility index (Phi) is 6.78. The molecule has 0 atom stereocenters. The van der Waals surface area contributed by atoms with Gasteiger partial charge < -0.3 is 29.0 Å². The molecule has 3 rings (SSSR count). The van der Waals surface area contributed by atoms with Gasteiger partial charge in [-0.25, -0.2) is 4.79 Å². The summed E-state index contributed by atoms with van der Waals surface area (Å²) in [6, 6.07) is 10.5. The monoisotopic (exact) mass is 387 g/mol. The number of carbonyl (C=O) groups excluding carboxylic acids is 2. The molecule has 8 nitrogen and oxygen atoms in total. The molecule has 1 N–H and O–H groups in total. The zero-order valence-corrected chi connectivity index (χ0v) is 15.9. The van der Waals surface area contributed by atoms with Crippen LogP contribution in [0.5, 0.6) is 11.5 Å². The van der Waals surface area contributed by atoms with Crippen molar-refractivity contribution in [1.29, 1.82) is 0 Å². The lowest BCUT2D eigenvalue weighted by molar-refractivity contribution is 0.0634. The lowest BCUT2D eigenvalue weighted by atomic mass is 10.3. The first-order valence-corrected chi connectivity index (χ1v) is 9.38. The first-order valence-electron chi connectivity index (χ1n) is 9.38. The van der Waals surface area contributed by atoms with E-state index >= 15 is 0 Å². The predicted molar refractivity (Wildman–Crippen MR) is 103 cm³/mol. The Bertz CT molecular complexity index is 753. The van der Waals surface area contributed by atoms with Crippen LogP contribution in [0.2, 0.25) is 0 Å². The van der Waals surface area contributed by atoms with Gasteiger partial charge in [-0.15, -0.1) is 0 Å². The number of carbonyl (C=O) groups is 2. The molecule has 0 unspecified atom stereocenters. The van der Waals surface area contributed by atoms with E-state index in [0.29, 0.717) is 51.7 Å². The highest BCUT2D eigenvalue weighted by molar-refractivity contribution is 5.91. The van der Waals surface area contributed by atoms with Crippen LogP contribution in [0, 0.1) is 0 Å². The van der Waals surface area contributed by atoms with E-state index < -0.39 is 0 Å². The zero-order valence-electron chi connectivity index (χ0n) is 15.9. The molecule has 1 aliphatic heterocycles. The molecule has 1 fully saturated rings. The molecule has 0 saturated carbocycles. The molecule has 150 valence electrons. The summed E-state index contributed by atoms with van der Waals surface area (Å²) in [5.74, 6) is 1.70. The van der Waals surface area contributed by atoms with E-state index in [4.69, 9.17) is 13.9 Å². The number of amides is 3. The minimum Gasteiger partial charge on any atom is -0.494 e. The third kappa shape index (κ3) is 5.18. The fraction of sp³-hybridized carbons (Fsp3) is 0.400. The van der Waals surface area contributed by atoms with Crippen LogP contribution < -0.4 is 14.8 Å². The minimum absolute atomic E-state index is 0.145. The van der Waals surface area contributed by atoms with Gasteiger partial charge in [-0.3, -0.25) is 4.79 Å². The fourth-order valence-corrected chi connectivity index (χ4v) is 2.91. The van der Waals surface area contributed by atoms with Gasteiger partial charge in [0.15, 0.2) is 5.76 Å². The topological polar surface area (TPSA) is 84.3 Å². The molecule has 2 heterocycles. The van der Waals surface area contributed by atoms with Gasteiger partial charge in [0, 0.05) is 26.2 Å². The van der Waals surface area contributed by atoms with Crippen molar-refractivity contribution >= 4 is 11.9 Å². The van der Waals surface area contributed by atoms with Crippen molar-refractivity contribution < 1.29 is 23.5 Å². The molecular weight excluding hydrogens is 362 g/mol. The molecular formula is C20H25N3O5. The van der Waals surface area contributed by atoms with Gasteiger partial charge in [0.25, 0.3) is 5.91 Å². The number of rotatable bonds is 7. The average molecular weight is 387 g/mol. The van der Waals surface area contributed by atoms with E-state index in [-0.39, 0.29) is 11.9 Å². The van der Waals surface area contributed by atoms with E-state index in [9.17, 15) is 9.59 Å². The van der Waals surface area contributed by atoms with Crippen molar-refractivity contribution in [3.05, 3.63) is 48.4 Å². The Hall–Kier alpha value is -3.16. The van der Waals surface area contributed by atoms with E-state index in [1.54, 1.807) is 21.9 Å². The number of hydrogen-bond acceptors (Lipinski definition) is 5. The van der Waals surface area contributed by atoms with Gasteiger partial charge in [-0.2, -0.15) is 0 Å². The molecule has 28 heavy (non-hydrogen) atoms. The van der Waals surface area contributed by atoms with E-state index in [1.807, 2.05) is 31.2 Å². The van der Waals surface area contributed by atoms with Crippen molar-refractivity contribution in [2.45, 2.75) is 6.92 Å². The number of urea groups is 1. The SMILES string of the molecule is CCOc1ccc(OCCNC(=O)N2CCN(C(=O)c3ccco3)CC2)cc1. The van der Waals surface area contributed by atoms with Gasteiger partial charge in [0.05, 0.1) is 19.4 Å². The number of furan rings is 1. The molecule has 1 saturated heterocycles. The van der Waals surface area contributed by atoms with Gasteiger partial charge in [0.2, 0.25) is 0 Å². The maximum Gasteiger partial charge on any atom is 0.317 e. The summed E-state index contributed by atoms with van der Waals surface area (Å²) in [7, 11) is 0. The van der Waals surface area contributed by atoms with Crippen LogP contribution in [0.15, 0.2) is 47.1 Å². The molecule has 0 bridgehead atoms. The maximum absolute atomic E-state index is 12.3. The molecule has 1 aromatic heterocycles. The number of ether oxygens (including phenoxy) is 2. The second-order valence-electron chi connectivity index (χ2n) is 6.24. The standard InChI is InChI=1S/C20H25N3O5/c1-2-26-16-5-7-17(8-6-16)27-15-9-21-20(25)23-12-10-22(11-13-23)19(24)18-4-3-14-28-18/h3-8,14H,2,9-13,15H2,1H3,(H,21,25). The summed E-state index contributed by atoms with van der Waals surface area (Å²) >= 11 is 0. The summed E-state index contributed by atoms with van der Waals surface area (Å²) in [6.45, 7) is 5.26.